The van der Waals surface area contributed by atoms with Gasteiger partial charge in [-0.25, -0.2) is 4.79 Å². The van der Waals surface area contributed by atoms with E-state index in [0.717, 1.165) is 25.5 Å². The lowest BCUT2D eigenvalue weighted by Gasteiger charge is -2.36. The first kappa shape index (κ1) is 20.6. The second kappa shape index (κ2) is 9.30. The molecule has 146 valence electrons. The van der Waals surface area contributed by atoms with Gasteiger partial charge in [-0.1, -0.05) is 31.9 Å². The Balaban J connectivity index is 2.52. The Bertz CT molecular complexity index is 724. The SMILES string of the molecule is CCCC[C@H]1CC(O)=C(C(=O)OCC)[C@H](c2ccc([N+](=O)[O-])cc2)[C@@H]1C=O. The van der Waals surface area contributed by atoms with E-state index in [1.165, 1.54) is 24.3 Å². The van der Waals surface area contributed by atoms with E-state index in [1.807, 2.05) is 6.92 Å². The van der Waals surface area contributed by atoms with Gasteiger partial charge in [-0.2, -0.15) is 0 Å². The summed E-state index contributed by atoms with van der Waals surface area (Å²) in [6, 6.07) is 5.75. The molecule has 7 heteroatoms. The van der Waals surface area contributed by atoms with Crippen molar-refractivity contribution in [3.05, 3.63) is 51.3 Å². The van der Waals surface area contributed by atoms with Gasteiger partial charge in [0.2, 0.25) is 0 Å². The zero-order chi connectivity index (χ0) is 20.0. The molecule has 0 saturated heterocycles. The molecule has 1 aliphatic rings. The molecule has 0 radical (unpaired) electrons. The van der Waals surface area contributed by atoms with Crippen molar-refractivity contribution in [3.63, 3.8) is 0 Å². The number of nitro groups is 1. The molecule has 2 rings (SSSR count). The van der Waals surface area contributed by atoms with Crippen LogP contribution in [0, 0.1) is 22.0 Å². The van der Waals surface area contributed by atoms with Crippen LogP contribution in [0.25, 0.3) is 0 Å². The minimum Gasteiger partial charge on any atom is -0.512 e. The minimum absolute atomic E-state index is 0.0593. The first-order valence-corrected chi connectivity index (χ1v) is 9.23. The van der Waals surface area contributed by atoms with E-state index < -0.39 is 22.7 Å². The molecule has 0 unspecified atom stereocenters. The van der Waals surface area contributed by atoms with E-state index in [9.17, 15) is 24.8 Å². The molecule has 27 heavy (non-hydrogen) atoms. The van der Waals surface area contributed by atoms with Crippen molar-refractivity contribution in [3.8, 4) is 0 Å². The predicted molar refractivity (Wildman–Crippen MR) is 99.3 cm³/mol. The molecule has 0 aromatic heterocycles. The number of hydrogen-bond acceptors (Lipinski definition) is 6. The first-order valence-electron chi connectivity index (χ1n) is 9.23. The molecule has 7 nitrogen and oxygen atoms in total. The lowest BCUT2D eigenvalue weighted by atomic mass is 9.67. The Kier molecular flexibility index (Phi) is 7.10. The normalized spacial score (nSPS) is 22.4. The van der Waals surface area contributed by atoms with E-state index in [4.69, 9.17) is 4.74 Å². The van der Waals surface area contributed by atoms with Gasteiger partial charge in [-0.3, -0.25) is 10.1 Å². The smallest absolute Gasteiger partial charge is 0.338 e. The minimum atomic E-state index is -0.682. The van der Waals surface area contributed by atoms with Gasteiger partial charge in [0.1, 0.15) is 12.0 Å². The zero-order valence-corrected chi connectivity index (χ0v) is 15.6. The molecule has 0 heterocycles. The third-order valence-corrected chi connectivity index (χ3v) is 5.05. The maximum absolute atomic E-state index is 12.5. The highest BCUT2D eigenvalue weighted by molar-refractivity contribution is 5.92. The summed E-state index contributed by atoms with van der Waals surface area (Å²) in [6.07, 6.45) is 3.70. The lowest BCUT2D eigenvalue weighted by molar-refractivity contribution is -0.384. The van der Waals surface area contributed by atoms with Gasteiger partial charge in [0, 0.05) is 30.4 Å². The number of carbonyl (C=O) groups excluding carboxylic acids is 2. The molecule has 1 N–H and O–H groups in total. The molecule has 1 aliphatic carbocycles. The molecule has 0 aliphatic heterocycles. The van der Waals surface area contributed by atoms with Gasteiger partial charge in [0.15, 0.2) is 0 Å². The fraction of sp³-hybridized carbons (Fsp3) is 0.500. The maximum atomic E-state index is 12.5. The third-order valence-electron chi connectivity index (χ3n) is 5.05. The van der Waals surface area contributed by atoms with Crippen LogP contribution in [-0.2, 0) is 14.3 Å². The number of aliphatic hydroxyl groups excluding tert-OH is 1. The van der Waals surface area contributed by atoms with E-state index in [0.29, 0.717) is 5.56 Å². The standard InChI is InChI=1S/C20H25NO6/c1-3-5-6-14-11-17(23)19(20(24)27-4-2)18(16(14)12-22)13-7-9-15(10-8-13)21(25)26/h7-10,12,14,16,18,23H,3-6,11H2,1-2H3/t14-,16+,18+/m0/s1. The van der Waals surface area contributed by atoms with Gasteiger partial charge < -0.3 is 14.6 Å². The first-order chi connectivity index (χ1) is 12.9. The molecule has 1 aromatic rings. The van der Waals surface area contributed by atoms with Crippen molar-refractivity contribution in [2.75, 3.05) is 6.61 Å². The summed E-state index contributed by atoms with van der Waals surface area (Å²) in [7, 11) is 0. The molecule has 1 aromatic carbocycles. The number of nitro benzene ring substituents is 1. The summed E-state index contributed by atoms with van der Waals surface area (Å²) >= 11 is 0. The Morgan fingerprint density at radius 2 is 2.00 bits per heavy atom. The summed E-state index contributed by atoms with van der Waals surface area (Å²) in [5, 5.41) is 21.5. The number of aldehydes is 1. The van der Waals surface area contributed by atoms with Crippen molar-refractivity contribution in [2.24, 2.45) is 11.8 Å². The van der Waals surface area contributed by atoms with Gasteiger partial charge in [-0.05, 0) is 24.8 Å². The van der Waals surface area contributed by atoms with E-state index in [2.05, 4.69) is 0 Å². The number of ether oxygens (including phenoxy) is 1. The van der Waals surface area contributed by atoms with Crippen molar-refractivity contribution >= 4 is 17.9 Å². The van der Waals surface area contributed by atoms with E-state index in [1.54, 1.807) is 6.92 Å². The largest absolute Gasteiger partial charge is 0.512 e. The number of allylic oxidation sites excluding steroid dienone is 1. The lowest BCUT2D eigenvalue weighted by Crippen LogP contribution is -2.34. The van der Waals surface area contributed by atoms with Crippen LogP contribution in [0.5, 0.6) is 0 Å². The maximum Gasteiger partial charge on any atom is 0.338 e. The molecule has 0 saturated carbocycles. The average molecular weight is 375 g/mol. The zero-order valence-electron chi connectivity index (χ0n) is 15.6. The highest BCUT2D eigenvalue weighted by Gasteiger charge is 2.42. The quantitative estimate of drug-likeness (QED) is 0.317. The van der Waals surface area contributed by atoms with Crippen LogP contribution in [0.2, 0.25) is 0 Å². The molecule has 0 bridgehead atoms. The van der Waals surface area contributed by atoms with Crippen molar-refractivity contribution in [1.29, 1.82) is 0 Å². The summed E-state index contributed by atoms with van der Waals surface area (Å²) < 4.78 is 5.09. The molecule has 3 atom stereocenters. The number of rotatable bonds is 8. The average Bonchev–Trinajstić information content (AvgIpc) is 2.65. The Labute approximate surface area is 158 Å². The van der Waals surface area contributed by atoms with Crippen molar-refractivity contribution < 1.29 is 24.4 Å². The highest BCUT2D eigenvalue weighted by Crippen LogP contribution is 2.45. The number of unbranched alkanes of at least 4 members (excludes halogenated alkanes) is 1. The van der Waals surface area contributed by atoms with Crippen molar-refractivity contribution in [1.82, 2.24) is 0 Å². The molecule has 0 fully saturated rings. The number of benzene rings is 1. The van der Waals surface area contributed by atoms with E-state index >= 15 is 0 Å². The van der Waals surface area contributed by atoms with Gasteiger partial charge in [0.05, 0.1) is 17.1 Å². The number of hydrogen-bond donors (Lipinski definition) is 1. The van der Waals surface area contributed by atoms with Crippen LogP contribution in [0.15, 0.2) is 35.6 Å². The van der Waals surface area contributed by atoms with Crippen LogP contribution < -0.4 is 0 Å². The molecular weight excluding hydrogens is 350 g/mol. The Morgan fingerprint density at radius 1 is 1.33 bits per heavy atom. The topological polar surface area (TPSA) is 107 Å². The summed E-state index contributed by atoms with van der Waals surface area (Å²) in [6.45, 7) is 3.86. The van der Waals surface area contributed by atoms with E-state index in [-0.39, 0.29) is 36.0 Å². The Hall–Kier alpha value is -2.70. The number of esters is 1. The fourth-order valence-corrected chi connectivity index (χ4v) is 3.73. The van der Waals surface area contributed by atoms with Gasteiger partial charge >= 0.3 is 5.97 Å². The monoisotopic (exact) mass is 375 g/mol. The molecule has 0 amide bonds. The van der Waals surface area contributed by atoms with Crippen LogP contribution >= 0.6 is 0 Å². The number of carbonyl (C=O) groups is 2. The van der Waals surface area contributed by atoms with Gasteiger partial charge in [-0.15, -0.1) is 0 Å². The highest BCUT2D eigenvalue weighted by atomic mass is 16.6. The predicted octanol–water partition coefficient (Wildman–Crippen LogP) is 4.08. The number of non-ortho nitro benzene ring substituents is 1. The summed E-state index contributed by atoms with van der Waals surface area (Å²) in [5.74, 6) is -2.00. The number of aliphatic hydroxyl groups is 1. The van der Waals surface area contributed by atoms with Crippen LogP contribution in [0.1, 0.15) is 51.0 Å². The second-order valence-corrected chi connectivity index (χ2v) is 6.73. The molecular formula is C20H25NO6. The van der Waals surface area contributed by atoms with Crippen LogP contribution in [0.3, 0.4) is 0 Å². The Morgan fingerprint density at radius 3 is 2.52 bits per heavy atom. The second-order valence-electron chi connectivity index (χ2n) is 6.73. The summed E-state index contributed by atoms with van der Waals surface area (Å²) in [5.41, 5.74) is 0.578. The third kappa shape index (κ3) is 4.53. The number of nitrogens with zero attached hydrogens (tertiary/aromatic N) is 1. The van der Waals surface area contributed by atoms with Gasteiger partial charge in [0.25, 0.3) is 5.69 Å². The van der Waals surface area contributed by atoms with Crippen LogP contribution in [0.4, 0.5) is 5.69 Å². The molecule has 0 spiro atoms. The fourth-order valence-electron chi connectivity index (χ4n) is 3.73. The van der Waals surface area contributed by atoms with Crippen molar-refractivity contribution in [2.45, 2.75) is 45.4 Å². The van der Waals surface area contributed by atoms with Crippen LogP contribution in [-0.4, -0.2) is 28.9 Å². The summed E-state index contributed by atoms with van der Waals surface area (Å²) in [4.78, 5) is 34.9.